The lowest BCUT2D eigenvalue weighted by atomic mass is 10.0. The first-order chi connectivity index (χ1) is 14.2. The van der Waals surface area contributed by atoms with Crippen molar-refractivity contribution in [2.24, 2.45) is 0 Å². The second-order valence-electron chi connectivity index (χ2n) is 9.44. The van der Waals surface area contributed by atoms with Gasteiger partial charge in [0.25, 0.3) is 0 Å². The molecule has 0 aromatic rings. The number of hydrogen-bond donors (Lipinski definition) is 1. The number of halogens is 1. The maximum absolute atomic E-state index is 10.1. The van der Waals surface area contributed by atoms with Crippen molar-refractivity contribution in [3.8, 4) is 0 Å². The van der Waals surface area contributed by atoms with Crippen molar-refractivity contribution in [3.63, 3.8) is 0 Å². The van der Waals surface area contributed by atoms with E-state index in [4.69, 9.17) is 0 Å². The van der Waals surface area contributed by atoms with Crippen molar-refractivity contribution in [1.29, 1.82) is 0 Å². The molecule has 0 aromatic carbocycles. The van der Waals surface area contributed by atoms with Gasteiger partial charge < -0.3 is 10.0 Å². The van der Waals surface area contributed by atoms with Gasteiger partial charge >= 0.3 is 0 Å². The third-order valence-corrected chi connectivity index (χ3v) is 8.11. The van der Waals surface area contributed by atoms with Gasteiger partial charge in [-0.3, -0.25) is 0 Å². The number of piperidine rings is 1. The van der Waals surface area contributed by atoms with Crippen LogP contribution in [0.25, 0.3) is 0 Å². The summed E-state index contributed by atoms with van der Waals surface area (Å²) in [6, 6.07) is 0. The van der Waals surface area contributed by atoms with Crippen LogP contribution in [-0.2, 0) is 0 Å². The number of aliphatic hydroxyl groups is 1. The average molecular weight is 464 g/mol. The molecule has 1 fully saturated rings. The lowest BCUT2D eigenvalue weighted by Gasteiger charge is -2.26. The number of likely N-dealkylation sites (tertiary alicyclic amines) is 1. The monoisotopic (exact) mass is 463 g/mol. The van der Waals surface area contributed by atoms with E-state index in [2.05, 4.69) is 11.8 Å². The number of rotatable bonds is 20. The zero-order valence-corrected chi connectivity index (χ0v) is 22.1. The van der Waals surface area contributed by atoms with Gasteiger partial charge in [-0.25, -0.2) is 0 Å². The van der Waals surface area contributed by atoms with Crippen molar-refractivity contribution >= 4 is 24.2 Å². The molecule has 4 heteroatoms. The Labute approximate surface area is 200 Å². The fraction of sp³-hybridized carbons (Fsp3) is 1.00. The zero-order valence-electron chi connectivity index (χ0n) is 20.4. The predicted molar refractivity (Wildman–Crippen MR) is 140 cm³/mol. The number of thioether (sulfide) groups is 1. The largest absolute Gasteiger partial charge is 0.392 e. The Hall–Kier alpha value is 0.560. The molecule has 0 bridgehead atoms. The molecule has 0 spiro atoms. The molecule has 1 saturated heterocycles. The molecule has 1 aliphatic heterocycles. The first-order valence-corrected chi connectivity index (χ1v) is 14.3. The van der Waals surface area contributed by atoms with Crippen molar-refractivity contribution < 1.29 is 5.11 Å². The highest BCUT2D eigenvalue weighted by Crippen LogP contribution is 2.23. The molecule has 2 nitrogen and oxygen atoms in total. The van der Waals surface area contributed by atoms with Crippen molar-refractivity contribution in [2.45, 2.75) is 141 Å². The van der Waals surface area contributed by atoms with Gasteiger partial charge in [-0.05, 0) is 58.0 Å². The fourth-order valence-corrected chi connectivity index (χ4v) is 5.74. The Morgan fingerprint density at radius 3 is 1.73 bits per heavy atom. The predicted octanol–water partition coefficient (Wildman–Crippen LogP) is 8.25. The second-order valence-corrected chi connectivity index (χ2v) is 10.8. The Balaban J connectivity index is 0.00000841. The summed E-state index contributed by atoms with van der Waals surface area (Å²) in [5.74, 6) is 1.21. The fourth-order valence-electron chi connectivity index (χ4n) is 4.53. The molecule has 1 aliphatic rings. The van der Waals surface area contributed by atoms with Gasteiger partial charge in [0, 0.05) is 5.25 Å². The molecule has 1 N–H and O–H groups in total. The molecular weight excluding hydrogens is 410 g/mol. The molecule has 0 aliphatic carbocycles. The summed E-state index contributed by atoms with van der Waals surface area (Å²) >= 11 is 2.03. The van der Waals surface area contributed by atoms with E-state index in [0.29, 0.717) is 5.25 Å². The first kappa shape index (κ1) is 30.6. The van der Waals surface area contributed by atoms with Crippen molar-refractivity contribution in [2.75, 3.05) is 25.4 Å². The number of unbranched alkanes of at least 4 members (excludes halogenated alkanes) is 12. The highest BCUT2D eigenvalue weighted by molar-refractivity contribution is 7.99. The van der Waals surface area contributed by atoms with Crippen LogP contribution >= 0.6 is 24.2 Å². The van der Waals surface area contributed by atoms with Crippen LogP contribution in [0.4, 0.5) is 0 Å². The first-order valence-electron chi connectivity index (χ1n) is 13.3. The number of nitrogens with zero attached hydrogens (tertiary/aromatic N) is 1. The minimum absolute atomic E-state index is 0. The Morgan fingerprint density at radius 2 is 1.23 bits per heavy atom. The average Bonchev–Trinajstić information content (AvgIpc) is 2.73. The highest BCUT2D eigenvalue weighted by Gasteiger charge is 2.15. The Kier molecular flexibility index (Phi) is 23.2. The summed E-state index contributed by atoms with van der Waals surface area (Å²) in [7, 11) is 0. The molecular formula is C26H54ClNOS. The molecule has 2 unspecified atom stereocenters. The molecule has 0 radical (unpaired) electrons. The second kappa shape index (κ2) is 22.7. The van der Waals surface area contributed by atoms with Crippen LogP contribution in [-0.4, -0.2) is 46.7 Å². The summed E-state index contributed by atoms with van der Waals surface area (Å²) in [6.45, 7) is 8.16. The molecule has 0 aromatic heterocycles. The maximum atomic E-state index is 10.1. The topological polar surface area (TPSA) is 23.5 Å². The van der Waals surface area contributed by atoms with E-state index in [0.717, 1.165) is 0 Å². The quantitative estimate of drug-likeness (QED) is 0.184. The van der Waals surface area contributed by atoms with Crippen LogP contribution in [0.3, 0.4) is 0 Å². The summed E-state index contributed by atoms with van der Waals surface area (Å²) in [5.41, 5.74) is 0. The van der Waals surface area contributed by atoms with Crippen molar-refractivity contribution in [1.82, 2.24) is 4.90 Å². The van der Waals surface area contributed by atoms with E-state index < -0.39 is 0 Å². The van der Waals surface area contributed by atoms with Crippen LogP contribution < -0.4 is 0 Å². The van der Waals surface area contributed by atoms with Crippen LogP contribution in [0.15, 0.2) is 0 Å². The summed E-state index contributed by atoms with van der Waals surface area (Å²) in [4.78, 5) is 2.63. The van der Waals surface area contributed by atoms with E-state index in [1.165, 1.54) is 141 Å². The number of aliphatic hydroxyl groups excluding tert-OH is 1. The lowest BCUT2D eigenvalue weighted by Crippen LogP contribution is -2.31. The van der Waals surface area contributed by atoms with Gasteiger partial charge in [0.1, 0.15) is 0 Å². The molecule has 30 heavy (non-hydrogen) atoms. The van der Waals surface area contributed by atoms with Gasteiger partial charge in [0.2, 0.25) is 0 Å². The smallest absolute Gasteiger partial charge is 0.0630 e. The van der Waals surface area contributed by atoms with E-state index in [1.807, 2.05) is 18.7 Å². The van der Waals surface area contributed by atoms with Gasteiger partial charge in [0.05, 0.1) is 6.10 Å². The van der Waals surface area contributed by atoms with E-state index >= 15 is 0 Å². The van der Waals surface area contributed by atoms with Gasteiger partial charge in [-0.1, -0.05) is 96.8 Å². The van der Waals surface area contributed by atoms with Gasteiger partial charge in [-0.2, -0.15) is 11.8 Å². The van der Waals surface area contributed by atoms with Crippen LogP contribution in [0.1, 0.15) is 129 Å². The zero-order chi connectivity index (χ0) is 21.0. The third kappa shape index (κ3) is 18.2. The molecule has 1 heterocycles. The SMILES string of the molecule is CCCCCCCCCCCCCCCC(SCCCN1CCCCC1)C(C)O.Cl. The molecule has 0 amide bonds. The van der Waals surface area contributed by atoms with Crippen molar-refractivity contribution in [3.05, 3.63) is 0 Å². The molecule has 2 atom stereocenters. The standard InChI is InChI=1S/C26H53NOS.ClH/c1-3-4-5-6-7-8-9-10-11-12-13-14-16-20-26(25(2)28)29-24-19-23-27-21-17-15-18-22-27;/h25-26,28H,3-24H2,1-2H3;1H. The molecule has 0 saturated carbocycles. The minimum Gasteiger partial charge on any atom is -0.392 e. The summed E-state index contributed by atoms with van der Waals surface area (Å²) in [5, 5.41) is 10.6. The van der Waals surface area contributed by atoms with Gasteiger partial charge in [-0.15, -0.1) is 12.4 Å². The Bertz CT molecular complexity index is 337. The van der Waals surface area contributed by atoms with Crippen LogP contribution in [0.5, 0.6) is 0 Å². The minimum atomic E-state index is -0.160. The highest BCUT2D eigenvalue weighted by atomic mass is 35.5. The normalized spacial score (nSPS) is 16.9. The van der Waals surface area contributed by atoms with Gasteiger partial charge in [0.15, 0.2) is 0 Å². The lowest BCUT2D eigenvalue weighted by molar-refractivity contribution is 0.186. The Morgan fingerprint density at radius 1 is 0.733 bits per heavy atom. The maximum Gasteiger partial charge on any atom is 0.0630 e. The third-order valence-electron chi connectivity index (χ3n) is 6.53. The van der Waals surface area contributed by atoms with E-state index in [1.54, 1.807) is 0 Å². The summed E-state index contributed by atoms with van der Waals surface area (Å²) < 4.78 is 0. The van der Waals surface area contributed by atoms with Crippen LogP contribution in [0, 0.1) is 0 Å². The molecule has 182 valence electrons. The van der Waals surface area contributed by atoms with E-state index in [-0.39, 0.29) is 18.5 Å². The van der Waals surface area contributed by atoms with Crippen LogP contribution in [0.2, 0.25) is 0 Å². The van der Waals surface area contributed by atoms with E-state index in [9.17, 15) is 5.11 Å². The number of hydrogen-bond acceptors (Lipinski definition) is 3. The summed E-state index contributed by atoms with van der Waals surface area (Å²) in [6.07, 6.45) is 24.9. The molecule has 1 rings (SSSR count).